The first-order chi connectivity index (χ1) is 11.6. The molecule has 2 N–H and O–H groups in total. The first-order valence-corrected chi connectivity index (χ1v) is 9.62. The normalized spacial score (nSPS) is 19.3. The Bertz CT molecular complexity index is 669. The van der Waals surface area contributed by atoms with Crippen LogP contribution in [0.25, 0.3) is 6.08 Å². The van der Waals surface area contributed by atoms with E-state index in [1.165, 1.54) is 17.3 Å². The number of carbonyl (C=O) groups is 1. The van der Waals surface area contributed by atoms with Crippen LogP contribution in [0.3, 0.4) is 0 Å². The molecule has 0 aromatic heterocycles. The Morgan fingerprint density at radius 3 is 2.36 bits per heavy atom. The second-order valence-corrected chi connectivity index (χ2v) is 8.56. The van der Waals surface area contributed by atoms with Gasteiger partial charge in [-0.15, -0.1) is 0 Å². The van der Waals surface area contributed by atoms with E-state index >= 15 is 0 Å². The highest BCUT2D eigenvalue weighted by atomic mass is 32.2. The van der Waals surface area contributed by atoms with E-state index in [9.17, 15) is 4.79 Å². The molecule has 0 bridgehead atoms. The predicted octanol–water partition coefficient (Wildman–Crippen LogP) is 4.13. The molecule has 1 saturated heterocycles. The van der Waals surface area contributed by atoms with E-state index in [-0.39, 0.29) is 5.12 Å². The van der Waals surface area contributed by atoms with Crippen LogP contribution in [0.2, 0.25) is 0 Å². The van der Waals surface area contributed by atoms with Gasteiger partial charge in [0.05, 0.1) is 11.2 Å². The SMILES string of the molecule is CCc1ccc(N)c(C=C(CSC(C)=O)B2OC(C)(C)C(C)(C)O2)c1. The van der Waals surface area contributed by atoms with Gasteiger partial charge in [0.2, 0.25) is 0 Å². The van der Waals surface area contributed by atoms with E-state index in [1.54, 1.807) is 6.92 Å². The van der Waals surface area contributed by atoms with Crippen molar-refractivity contribution < 1.29 is 14.1 Å². The number of hydrogen-bond acceptors (Lipinski definition) is 5. The van der Waals surface area contributed by atoms with Crippen LogP contribution < -0.4 is 5.73 Å². The lowest BCUT2D eigenvalue weighted by Gasteiger charge is -2.32. The number of thioether (sulfide) groups is 1. The lowest BCUT2D eigenvalue weighted by Crippen LogP contribution is -2.41. The molecule has 4 nitrogen and oxygen atoms in total. The minimum absolute atomic E-state index is 0.0673. The summed E-state index contributed by atoms with van der Waals surface area (Å²) >= 11 is 1.25. The number of benzene rings is 1. The van der Waals surface area contributed by atoms with E-state index in [0.29, 0.717) is 11.4 Å². The number of carbonyl (C=O) groups excluding carboxylic acids is 1. The molecule has 1 aliphatic rings. The number of rotatable bonds is 5. The quantitative estimate of drug-likeness (QED) is 0.631. The van der Waals surface area contributed by atoms with Gasteiger partial charge in [0.1, 0.15) is 0 Å². The first kappa shape index (κ1) is 20.1. The molecule has 0 amide bonds. The summed E-state index contributed by atoms with van der Waals surface area (Å²) < 4.78 is 12.3. The summed E-state index contributed by atoms with van der Waals surface area (Å²) in [7, 11) is -0.485. The largest absolute Gasteiger partial charge is 0.491 e. The number of nitrogen functional groups attached to an aromatic ring is 1. The average Bonchev–Trinajstić information content (AvgIpc) is 2.73. The zero-order valence-electron chi connectivity index (χ0n) is 16.0. The van der Waals surface area contributed by atoms with Crippen LogP contribution in [0.1, 0.15) is 52.7 Å². The molecule has 6 heteroatoms. The van der Waals surface area contributed by atoms with Gasteiger partial charge in [-0.3, -0.25) is 4.79 Å². The van der Waals surface area contributed by atoms with Gasteiger partial charge >= 0.3 is 7.12 Å². The Balaban J connectivity index is 2.38. The fourth-order valence-electron chi connectivity index (χ4n) is 2.53. The van der Waals surface area contributed by atoms with Crippen molar-refractivity contribution in [3.8, 4) is 0 Å². The van der Waals surface area contributed by atoms with Crippen LogP contribution in [-0.2, 0) is 20.5 Å². The molecule has 0 atom stereocenters. The van der Waals surface area contributed by atoms with Gasteiger partial charge in [0, 0.05) is 18.4 Å². The van der Waals surface area contributed by atoms with Crippen molar-refractivity contribution in [1.29, 1.82) is 0 Å². The van der Waals surface area contributed by atoms with Gasteiger partial charge in [0.25, 0.3) is 0 Å². The summed E-state index contributed by atoms with van der Waals surface area (Å²) in [6, 6.07) is 6.04. The third kappa shape index (κ3) is 4.69. The minimum atomic E-state index is -0.485. The van der Waals surface area contributed by atoms with Crippen LogP contribution >= 0.6 is 11.8 Å². The fraction of sp³-hybridized carbons (Fsp3) is 0.526. The Morgan fingerprint density at radius 1 is 1.24 bits per heavy atom. The molecule has 1 aromatic carbocycles. The summed E-state index contributed by atoms with van der Waals surface area (Å²) in [4.78, 5) is 11.5. The zero-order chi connectivity index (χ0) is 18.8. The summed E-state index contributed by atoms with van der Waals surface area (Å²) in [6.07, 6.45) is 2.95. The molecule has 1 aromatic rings. The van der Waals surface area contributed by atoms with Crippen LogP contribution in [0.15, 0.2) is 23.7 Å². The topological polar surface area (TPSA) is 61.6 Å². The molecule has 0 saturated carbocycles. The fourth-order valence-corrected chi connectivity index (χ4v) is 3.12. The van der Waals surface area contributed by atoms with Crippen molar-refractivity contribution >= 4 is 35.8 Å². The molecule has 0 radical (unpaired) electrons. The molecule has 0 aliphatic carbocycles. The van der Waals surface area contributed by atoms with Crippen LogP contribution in [0.5, 0.6) is 0 Å². The molecule has 1 fully saturated rings. The van der Waals surface area contributed by atoms with Crippen molar-refractivity contribution in [3.05, 3.63) is 34.8 Å². The van der Waals surface area contributed by atoms with E-state index in [1.807, 2.05) is 45.9 Å². The Hall–Kier alpha value is -1.24. The van der Waals surface area contributed by atoms with Crippen LogP contribution in [0.4, 0.5) is 5.69 Å². The van der Waals surface area contributed by atoms with Gasteiger partial charge < -0.3 is 15.0 Å². The highest BCUT2D eigenvalue weighted by molar-refractivity contribution is 8.13. The van der Waals surface area contributed by atoms with E-state index in [2.05, 4.69) is 13.0 Å². The molecular weight excluding hydrogens is 333 g/mol. The van der Waals surface area contributed by atoms with Crippen molar-refractivity contribution in [3.63, 3.8) is 0 Å². The van der Waals surface area contributed by atoms with Gasteiger partial charge in [-0.1, -0.05) is 30.8 Å². The number of aryl methyl sites for hydroxylation is 1. The molecule has 1 heterocycles. The van der Waals surface area contributed by atoms with Crippen LogP contribution in [0, 0.1) is 0 Å². The lowest BCUT2D eigenvalue weighted by atomic mass is 9.78. The Kier molecular flexibility index (Phi) is 6.07. The van der Waals surface area contributed by atoms with Crippen molar-refractivity contribution in [2.24, 2.45) is 0 Å². The summed E-state index contributed by atoms with van der Waals surface area (Å²) in [5.41, 5.74) is 9.09. The number of nitrogens with two attached hydrogens (primary N) is 1. The smallest absolute Gasteiger partial charge is 0.400 e. The lowest BCUT2D eigenvalue weighted by molar-refractivity contribution is -0.109. The molecule has 25 heavy (non-hydrogen) atoms. The average molecular weight is 361 g/mol. The molecule has 0 spiro atoms. The van der Waals surface area contributed by atoms with Gasteiger partial charge in [0.15, 0.2) is 5.12 Å². The summed E-state index contributed by atoms with van der Waals surface area (Å²) in [5.74, 6) is 0.516. The predicted molar refractivity (Wildman–Crippen MR) is 107 cm³/mol. The van der Waals surface area contributed by atoms with Gasteiger partial charge in [-0.25, -0.2) is 0 Å². The molecule has 1 aliphatic heterocycles. The standard InChI is InChI=1S/C19H28BNO3S/c1-7-14-8-9-17(21)15(10-14)11-16(12-25-13(2)22)20-23-18(3,4)19(5,6)24-20/h8-11H,7,12,21H2,1-6H3. The molecule has 0 unspecified atom stereocenters. The second-order valence-electron chi connectivity index (χ2n) is 7.40. The molecule has 136 valence electrons. The van der Waals surface area contributed by atoms with Crippen molar-refractivity contribution in [2.45, 2.75) is 59.2 Å². The monoisotopic (exact) mass is 361 g/mol. The van der Waals surface area contributed by atoms with Crippen molar-refractivity contribution in [1.82, 2.24) is 0 Å². The highest BCUT2D eigenvalue weighted by Gasteiger charge is 2.52. The van der Waals surface area contributed by atoms with E-state index < -0.39 is 18.3 Å². The third-order valence-electron chi connectivity index (χ3n) is 4.90. The zero-order valence-corrected chi connectivity index (χ0v) is 16.8. The maximum Gasteiger partial charge on any atom is 0.491 e. The molecule has 2 rings (SSSR count). The maximum absolute atomic E-state index is 11.5. The van der Waals surface area contributed by atoms with Gasteiger partial charge in [-0.05, 0) is 62.8 Å². The Labute approximate surface area is 155 Å². The van der Waals surface area contributed by atoms with Crippen LogP contribution in [-0.4, -0.2) is 29.2 Å². The maximum atomic E-state index is 11.5. The van der Waals surface area contributed by atoms with E-state index in [4.69, 9.17) is 15.0 Å². The number of anilines is 1. The minimum Gasteiger partial charge on any atom is -0.400 e. The first-order valence-electron chi connectivity index (χ1n) is 8.63. The summed E-state index contributed by atoms with van der Waals surface area (Å²) in [5, 5.41) is 0.0673. The van der Waals surface area contributed by atoms with Crippen molar-refractivity contribution in [2.75, 3.05) is 11.5 Å². The van der Waals surface area contributed by atoms with E-state index in [0.717, 1.165) is 17.5 Å². The highest BCUT2D eigenvalue weighted by Crippen LogP contribution is 2.39. The third-order valence-corrected chi connectivity index (χ3v) is 5.78. The Morgan fingerprint density at radius 2 is 1.84 bits per heavy atom. The second kappa shape index (κ2) is 7.56. The van der Waals surface area contributed by atoms with Gasteiger partial charge in [-0.2, -0.15) is 0 Å². The number of hydrogen-bond donors (Lipinski definition) is 1. The summed E-state index contributed by atoms with van der Waals surface area (Å²) in [6.45, 7) is 11.8. The molecular formula is C19H28BNO3S.